The molecular formula is C26H16Cl2FNO5. The third kappa shape index (κ3) is 3.73. The van der Waals surface area contributed by atoms with E-state index in [1.165, 1.54) is 49.6 Å². The van der Waals surface area contributed by atoms with Gasteiger partial charge >= 0.3 is 0 Å². The first kappa shape index (κ1) is 23.0. The first-order chi connectivity index (χ1) is 16.8. The first-order valence-corrected chi connectivity index (χ1v) is 11.1. The standard InChI is InChI=1S/C26H16Cl2FNO5/c1-34-19-8-4-5-13-11-20(35-25(13)19)23(31)21-22(15-6-2-3-7-18(15)29)30(26(33)24(21)32)14-9-10-16(27)17(28)12-14/h2-12,22,32H,1H3. The van der Waals surface area contributed by atoms with Crippen molar-refractivity contribution in [1.29, 1.82) is 0 Å². The second-order valence-electron chi connectivity index (χ2n) is 7.78. The number of anilines is 1. The molecule has 5 rings (SSSR count). The lowest BCUT2D eigenvalue weighted by atomic mass is 9.94. The molecule has 1 aliphatic rings. The average Bonchev–Trinajstić information content (AvgIpc) is 3.40. The van der Waals surface area contributed by atoms with E-state index in [9.17, 15) is 19.1 Å². The van der Waals surface area contributed by atoms with Crippen molar-refractivity contribution >= 4 is 51.5 Å². The van der Waals surface area contributed by atoms with Gasteiger partial charge in [-0.2, -0.15) is 0 Å². The summed E-state index contributed by atoms with van der Waals surface area (Å²) in [4.78, 5) is 28.0. The van der Waals surface area contributed by atoms with Crippen LogP contribution in [0.4, 0.5) is 10.1 Å². The van der Waals surface area contributed by atoms with Crippen LogP contribution in [0.1, 0.15) is 22.2 Å². The van der Waals surface area contributed by atoms with E-state index in [2.05, 4.69) is 0 Å². The van der Waals surface area contributed by atoms with E-state index in [-0.39, 0.29) is 32.6 Å². The highest BCUT2D eigenvalue weighted by molar-refractivity contribution is 6.42. The molecule has 0 fully saturated rings. The van der Waals surface area contributed by atoms with E-state index in [4.69, 9.17) is 32.4 Å². The molecule has 35 heavy (non-hydrogen) atoms. The zero-order valence-electron chi connectivity index (χ0n) is 18.1. The molecule has 0 bridgehead atoms. The largest absolute Gasteiger partial charge is 0.503 e. The molecular weight excluding hydrogens is 496 g/mol. The number of halogens is 3. The van der Waals surface area contributed by atoms with Gasteiger partial charge in [-0.1, -0.05) is 53.5 Å². The van der Waals surface area contributed by atoms with Crippen LogP contribution in [0, 0.1) is 5.82 Å². The number of benzene rings is 3. The van der Waals surface area contributed by atoms with Crippen molar-refractivity contribution in [3.8, 4) is 5.75 Å². The second kappa shape index (κ2) is 8.76. The number of carbonyl (C=O) groups is 2. The number of aliphatic hydroxyl groups is 1. The summed E-state index contributed by atoms with van der Waals surface area (Å²) in [5.41, 5.74) is 0.224. The Morgan fingerprint density at radius 2 is 1.83 bits per heavy atom. The minimum Gasteiger partial charge on any atom is -0.503 e. The molecule has 6 nitrogen and oxygen atoms in total. The Morgan fingerprint density at radius 1 is 1.06 bits per heavy atom. The maximum absolute atomic E-state index is 15.0. The molecule has 0 saturated carbocycles. The molecule has 176 valence electrons. The van der Waals surface area contributed by atoms with Gasteiger partial charge in [0.25, 0.3) is 5.91 Å². The molecule has 0 saturated heterocycles. The van der Waals surface area contributed by atoms with Gasteiger partial charge < -0.3 is 14.3 Å². The Labute approximate surface area is 208 Å². The summed E-state index contributed by atoms with van der Waals surface area (Å²) in [5.74, 6) is -2.89. The van der Waals surface area contributed by atoms with Gasteiger partial charge in [0, 0.05) is 16.6 Å². The summed E-state index contributed by atoms with van der Waals surface area (Å²) in [5, 5.41) is 11.8. The summed E-state index contributed by atoms with van der Waals surface area (Å²) in [6.07, 6.45) is 0. The third-order valence-corrected chi connectivity index (χ3v) is 6.52. The second-order valence-corrected chi connectivity index (χ2v) is 8.59. The number of ether oxygens (including phenoxy) is 1. The van der Waals surface area contributed by atoms with Gasteiger partial charge in [-0.25, -0.2) is 4.39 Å². The number of methoxy groups -OCH3 is 1. The lowest BCUT2D eigenvalue weighted by Gasteiger charge is -2.27. The lowest BCUT2D eigenvalue weighted by molar-refractivity contribution is -0.117. The minimum absolute atomic E-state index is 0.00742. The number of hydrogen-bond acceptors (Lipinski definition) is 5. The van der Waals surface area contributed by atoms with E-state index in [1.54, 1.807) is 24.3 Å². The van der Waals surface area contributed by atoms with E-state index in [1.807, 2.05) is 0 Å². The number of carbonyl (C=O) groups excluding carboxylic acids is 2. The molecule has 1 atom stereocenters. The van der Waals surface area contributed by atoms with Crippen LogP contribution in [0.2, 0.25) is 10.0 Å². The summed E-state index contributed by atoms with van der Waals surface area (Å²) >= 11 is 12.2. The number of hydrogen-bond donors (Lipinski definition) is 1. The van der Waals surface area contributed by atoms with E-state index < -0.39 is 29.3 Å². The Hall–Kier alpha value is -3.81. The lowest BCUT2D eigenvalue weighted by Crippen LogP contribution is -2.31. The number of nitrogens with zero attached hydrogens (tertiary/aromatic N) is 1. The Morgan fingerprint density at radius 3 is 2.54 bits per heavy atom. The highest BCUT2D eigenvalue weighted by Gasteiger charge is 2.46. The number of amides is 1. The Bertz CT molecular complexity index is 1540. The molecule has 1 aliphatic heterocycles. The third-order valence-electron chi connectivity index (χ3n) is 5.79. The SMILES string of the molecule is COc1cccc2cc(C(=O)C3=C(O)C(=O)N(c4ccc(Cl)c(Cl)c4)C3c3ccccc3F)oc12. The van der Waals surface area contributed by atoms with Crippen molar-refractivity contribution in [3.63, 3.8) is 0 Å². The number of rotatable bonds is 5. The van der Waals surface area contributed by atoms with Crippen LogP contribution >= 0.6 is 23.2 Å². The maximum atomic E-state index is 15.0. The smallest absolute Gasteiger partial charge is 0.294 e. The highest BCUT2D eigenvalue weighted by Crippen LogP contribution is 2.44. The topological polar surface area (TPSA) is 80.0 Å². The quantitative estimate of drug-likeness (QED) is 0.302. The van der Waals surface area contributed by atoms with Crippen LogP contribution in [0.3, 0.4) is 0 Å². The molecule has 0 aliphatic carbocycles. The van der Waals surface area contributed by atoms with Crippen molar-refractivity contribution in [1.82, 2.24) is 0 Å². The van der Waals surface area contributed by atoms with Gasteiger partial charge in [-0.15, -0.1) is 0 Å². The summed E-state index contributed by atoms with van der Waals surface area (Å²) in [7, 11) is 1.46. The molecule has 2 heterocycles. The number of fused-ring (bicyclic) bond motifs is 1. The predicted molar refractivity (Wildman–Crippen MR) is 130 cm³/mol. The summed E-state index contributed by atoms with van der Waals surface area (Å²) in [6, 6.07) is 15.4. The van der Waals surface area contributed by atoms with Crippen LogP contribution in [-0.2, 0) is 4.79 Å². The van der Waals surface area contributed by atoms with Gasteiger partial charge in [0.2, 0.25) is 5.78 Å². The summed E-state index contributed by atoms with van der Waals surface area (Å²) in [6.45, 7) is 0. The predicted octanol–water partition coefficient (Wildman–Crippen LogP) is 6.67. The molecule has 0 radical (unpaired) electrons. The fraction of sp³-hybridized carbons (Fsp3) is 0.0769. The molecule has 4 aromatic rings. The van der Waals surface area contributed by atoms with E-state index in [0.29, 0.717) is 16.7 Å². The fourth-order valence-electron chi connectivity index (χ4n) is 4.17. The van der Waals surface area contributed by atoms with Crippen molar-refractivity contribution in [2.75, 3.05) is 12.0 Å². The first-order valence-electron chi connectivity index (χ1n) is 10.4. The Kier molecular flexibility index (Phi) is 5.75. The molecule has 1 N–H and O–H groups in total. The van der Waals surface area contributed by atoms with Crippen LogP contribution in [0.5, 0.6) is 5.75 Å². The van der Waals surface area contributed by atoms with Crippen LogP contribution in [0.15, 0.2) is 82.5 Å². The fourth-order valence-corrected chi connectivity index (χ4v) is 4.46. The Balaban J connectivity index is 1.69. The average molecular weight is 512 g/mol. The van der Waals surface area contributed by atoms with Gasteiger partial charge in [0.05, 0.1) is 28.8 Å². The number of aliphatic hydroxyl groups excluding tert-OH is 1. The number of furan rings is 1. The molecule has 1 aromatic heterocycles. The van der Waals surface area contributed by atoms with Crippen molar-refractivity contribution < 1.29 is 28.2 Å². The van der Waals surface area contributed by atoms with Gasteiger partial charge in [0.1, 0.15) is 5.82 Å². The van der Waals surface area contributed by atoms with Crippen molar-refractivity contribution in [2.45, 2.75) is 6.04 Å². The van der Waals surface area contributed by atoms with Crippen LogP contribution in [0.25, 0.3) is 11.0 Å². The molecule has 1 amide bonds. The van der Waals surface area contributed by atoms with Gasteiger partial charge in [0.15, 0.2) is 22.9 Å². The normalized spacial score (nSPS) is 15.8. The molecule has 9 heteroatoms. The van der Waals surface area contributed by atoms with Crippen molar-refractivity contribution in [2.24, 2.45) is 0 Å². The highest BCUT2D eigenvalue weighted by atomic mass is 35.5. The van der Waals surface area contributed by atoms with Crippen molar-refractivity contribution in [3.05, 3.63) is 105 Å². The van der Waals surface area contributed by atoms with E-state index >= 15 is 0 Å². The van der Waals surface area contributed by atoms with Crippen LogP contribution < -0.4 is 9.64 Å². The summed E-state index contributed by atoms with van der Waals surface area (Å²) < 4.78 is 26.0. The monoisotopic (exact) mass is 511 g/mol. The molecule has 1 unspecified atom stereocenters. The zero-order chi connectivity index (χ0) is 24.9. The zero-order valence-corrected chi connectivity index (χ0v) is 19.6. The number of ketones is 1. The number of para-hydroxylation sites is 1. The van der Waals surface area contributed by atoms with Crippen LogP contribution in [-0.4, -0.2) is 23.9 Å². The van der Waals surface area contributed by atoms with Gasteiger partial charge in [-0.3, -0.25) is 14.5 Å². The molecule has 3 aromatic carbocycles. The van der Waals surface area contributed by atoms with E-state index in [0.717, 1.165) is 4.90 Å². The molecule has 0 spiro atoms. The van der Waals surface area contributed by atoms with Gasteiger partial charge in [-0.05, 0) is 36.4 Å². The maximum Gasteiger partial charge on any atom is 0.294 e. The minimum atomic E-state index is -1.29. The number of Topliss-reactive ketones (excluding diaryl/α,β-unsaturated/α-hetero) is 1.